The van der Waals surface area contributed by atoms with Crippen molar-refractivity contribution < 1.29 is 19.1 Å². The van der Waals surface area contributed by atoms with E-state index in [4.69, 9.17) is 10.5 Å². The van der Waals surface area contributed by atoms with Crippen LogP contribution in [0.4, 0.5) is 5.69 Å². The Morgan fingerprint density at radius 1 is 1.33 bits per heavy atom. The number of carbonyl (C=O) groups excluding carboxylic acids is 2. The Balaban J connectivity index is 3.14. The number of anilines is 1. The molecule has 0 saturated heterocycles. The number of rotatable bonds is 2. The predicted molar refractivity (Wildman–Crippen MR) is 53.5 cm³/mol. The van der Waals surface area contributed by atoms with E-state index >= 15 is 0 Å². The average molecular weight is 209 g/mol. The highest BCUT2D eigenvalue weighted by atomic mass is 16.5. The summed E-state index contributed by atoms with van der Waals surface area (Å²) >= 11 is 0. The van der Waals surface area contributed by atoms with E-state index in [9.17, 15) is 9.59 Å². The summed E-state index contributed by atoms with van der Waals surface area (Å²) in [4.78, 5) is 22.1. The number of carbonyl (C=O) groups is 2. The molecule has 0 radical (unpaired) electrons. The first-order chi connectivity index (χ1) is 7.04. The number of benzene rings is 1. The van der Waals surface area contributed by atoms with E-state index in [1.807, 2.05) is 0 Å². The molecule has 0 heterocycles. The smallest absolute Gasteiger partial charge is 0.341 e. The van der Waals surface area contributed by atoms with Gasteiger partial charge in [0.2, 0.25) is 0 Å². The van der Waals surface area contributed by atoms with Gasteiger partial charge in [0, 0.05) is 12.6 Å². The first-order valence-electron chi connectivity index (χ1n) is 4.21. The minimum absolute atomic E-state index is 0.132. The lowest BCUT2D eigenvalue weighted by Gasteiger charge is -2.07. The number of nitrogen functional groups attached to an aromatic ring is 1. The number of hydrogen-bond donors (Lipinski definition) is 1. The summed E-state index contributed by atoms with van der Waals surface area (Å²) in [5, 5.41) is 0. The third kappa shape index (κ3) is 2.70. The molecule has 2 N–H and O–H groups in total. The van der Waals surface area contributed by atoms with Crippen molar-refractivity contribution in [2.24, 2.45) is 0 Å². The Morgan fingerprint density at radius 3 is 2.53 bits per heavy atom. The lowest BCUT2D eigenvalue weighted by Crippen LogP contribution is -2.09. The fourth-order valence-electron chi connectivity index (χ4n) is 1.06. The van der Waals surface area contributed by atoms with Gasteiger partial charge in [0.1, 0.15) is 11.3 Å². The van der Waals surface area contributed by atoms with Gasteiger partial charge in [-0.05, 0) is 18.2 Å². The molecule has 5 heteroatoms. The van der Waals surface area contributed by atoms with E-state index in [2.05, 4.69) is 4.74 Å². The molecule has 0 spiro atoms. The summed E-state index contributed by atoms with van der Waals surface area (Å²) in [6.45, 7) is 1.25. The summed E-state index contributed by atoms with van der Waals surface area (Å²) in [5.74, 6) is -0.966. The van der Waals surface area contributed by atoms with Gasteiger partial charge in [0.25, 0.3) is 0 Å². The Kier molecular flexibility index (Phi) is 3.28. The fourth-order valence-corrected chi connectivity index (χ4v) is 1.06. The van der Waals surface area contributed by atoms with Gasteiger partial charge >= 0.3 is 11.9 Å². The van der Waals surface area contributed by atoms with Crippen LogP contribution in [-0.4, -0.2) is 19.0 Å². The lowest BCUT2D eigenvalue weighted by molar-refractivity contribution is -0.131. The number of esters is 2. The van der Waals surface area contributed by atoms with Crippen molar-refractivity contribution in [3.63, 3.8) is 0 Å². The molecule has 0 amide bonds. The highest BCUT2D eigenvalue weighted by Crippen LogP contribution is 2.22. The highest BCUT2D eigenvalue weighted by molar-refractivity contribution is 5.94. The normalized spacial score (nSPS) is 9.47. The molecule has 15 heavy (non-hydrogen) atoms. The molecule has 5 nitrogen and oxygen atoms in total. The molecule has 0 unspecified atom stereocenters. The topological polar surface area (TPSA) is 78.6 Å². The van der Waals surface area contributed by atoms with Crippen LogP contribution >= 0.6 is 0 Å². The summed E-state index contributed by atoms with van der Waals surface area (Å²) < 4.78 is 9.36. The van der Waals surface area contributed by atoms with E-state index in [0.717, 1.165) is 0 Å². The van der Waals surface area contributed by atoms with Crippen molar-refractivity contribution in [1.82, 2.24) is 0 Å². The average Bonchev–Trinajstić information content (AvgIpc) is 2.19. The van der Waals surface area contributed by atoms with Crippen LogP contribution in [0.2, 0.25) is 0 Å². The summed E-state index contributed by atoms with van der Waals surface area (Å²) in [6, 6.07) is 4.37. The maximum atomic E-state index is 11.3. The van der Waals surface area contributed by atoms with Crippen molar-refractivity contribution in [2.75, 3.05) is 12.8 Å². The monoisotopic (exact) mass is 209 g/mol. The van der Waals surface area contributed by atoms with Crippen molar-refractivity contribution in [1.29, 1.82) is 0 Å². The molecule has 0 aromatic heterocycles. The Labute approximate surface area is 86.8 Å². The molecule has 0 aliphatic carbocycles. The molecule has 0 saturated carbocycles. The van der Waals surface area contributed by atoms with Crippen LogP contribution in [0.15, 0.2) is 18.2 Å². The number of ether oxygens (including phenoxy) is 2. The third-order valence-corrected chi connectivity index (χ3v) is 1.66. The first kappa shape index (κ1) is 11.0. The molecular weight excluding hydrogens is 198 g/mol. The zero-order valence-corrected chi connectivity index (χ0v) is 8.44. The molecule has 0 atom stereocenters. The molecule has 0 aliphatic rings. The summed E-state index contributed by atoms with van der Waals surface area (Å²) in [6.07, 6.45) is 0. The van der Waals surface area contributed by atoms with Gasteiger partial charge in [-0.3, -0.25) is 4.79 Å². The van der Waals surface area contributed by atoms with Gasteiger partial charge in [-0.15, -0.1) is 0 Å². The standard InChI is InChI=1S/C10H11NO4/c1-6(12)15-9-4-3-7(11)5-8(9)10(13)14-2/h3-5H,11H2,1-2H3. The van der Waals surface area contributed by atoms with E-state index in [-0.39, 0.29) is 11.3 Å². The lowest BCUT2D eigenvalue weighted by atomic mass is 10.2. The summed E-state index contributed by atoms with van der Waals surface area (Å²) in [7, 11) is 1.24. The third-order valence-electron chi connectivity index (χ3n) is 1.66. The molecule has 0 aliphatic heterocycles. The van der Waals surface area contributed by atoms with E-state index in [1.54, 1.807) is 0 Å². The molecular formula is C10H11NO4. The predicted octanol–water partition coefficient (Wildman–Crippen LogP) is 0.981. The van der Waals surface area contributed by atoms with Gasteiger partial charge in [0.05, 0.1) is 7.11 Å². The Bertz CT molecular complexity index is 400. The van der Waals surface area contributed by atoms with Crippen LogP contribution in [0.25, 0.3) is 0 Å². The van der Waals surface area contributed by atoms with Gasteiger partial charge in [0.15, 0.2) is 0 Å². The summed E-state index contributed by atoms with van der Waals surface area (Å²) in [5.41, 5.74) is 6.03. The van der Waals surface area contributed by atoms with Gasteiger partial charge < -0.3 is 15.2 Å². The minimum Gasteiger partial charge on any atom is -0.465 e. The fraction of sp³-hybridized carbons (Fsp3) is 0.200. The number of hydrogen-bond acceptors (Lipinski definition) is 5. The minimum atomic E-state index is -0.599. The van der Waals surface area contributed by atoms with Crippen LogP contribution in [0.1, 0.15) is 17.3 Å². The second kappa shape index (κ2) is 4.45. The van der Waals surface area contributed by atoms with Gasteiger partial charge in [-0.1, -0.05) is 0 Å². The second-order valence-electron chi connectivity index (χ2n) is 2.84. The van der Waals surface area contributed by atoms with Crippen LogP contribution in [-0.2, 0) is 9.53 Å². The van der Waals surface area contributed by atoms with Crippen LogP contribution in [0, 0.1) is 0 Å². The first-order valence-corrected chi connectivity index (χ1v) is 4.21. The van der Waals surface area contributed by atoms with Crippen molar-refractivity contribution in [2.45, 2.75) is 6.92 Å². The zero-order valence-electron chi connectivity index (χ0n) is 8.44. The van der Waals surface area contributed by atoms with E-state index in [0.29, 0.717) is 5.69 Å². The molecule has 80 valence electrons. The van der Waals surface area contributed by atoms with Crippen LogP contribution in [0.3, 0.4) is 0 Å². The van der Waals surface area contributed by atoms with Crippen LogP contribution in [0.5, 0.6) is 5.75 Å². The molecule has 0 bridgehead atoms. The number of methoxy groups -OCH3 is 1. The second-order valence-corrected chi connectivity index (χ2v) is 2.84. The quantitative estimate of drug-likeness (QED) is 0.446. The molecule has 0 fully saturated rings. The zero-order chi connectivity index (χ0) is 11.4. The molecule has 1 aromatic carbocycles. The van der Waals surface area contributed by atoms with Gasteiger partial charge in [-0.25, -0.2) is 4.79 Å². The maximum Gasteiger partial charge on any atom is 0.341 e. The number of nitrogens with two attached hydrogens (primary N) is 1. The van der Waals surface area contributed by atoms with Crippen molar-refractivity contribution >= 4 is 17.6 Å². The van der Waals surface area contributed by atoms with E-state index in [1.165, 1.54) is 32.2 Å². The SMILES string of the molecule is COC(=O)c1cc(N)ccc1OC(C)=O. The van der Waals surface area contributed by atoms with Crippen molar-refractivity contribution in [3.05, 3.63) is 23.8 Å². The highest BCUT2D eigenvalue weighted by Gasteiger charge is 2.14. The maximum absolute atomic E-state index is 11.3. The van der Waals surface area contributed by atoms with Crippen LogP contribution < -0.4 is 10.5 Å². The molecule has 1 aromatic rings. The largest absolute Gasteiger partial charge is 0.465 e. The van der Waals surface area contributed by atoms with Crippen molar-refractivity contribution in [3.8, 4) is 5.75 Å². The van der Waals surface area contributed by atoms with E-state index < -0.39 is 11.9 Å². The van der Waals surface area contributed by atoms with Gasteiger partial charge in [-0.2, -0.15) is 0 Å². The molecule has 1 rings (SSSR count). The Morgan fingerprint density at radius 2 is 2.00 bits per heavy atom. The Hall–Kier alpha value is -2.04.